The van der Waals surface area contributed by atoms with Crippen LogP contribution in [0.15, 0.2) is 36.7 Å². The Morgan fingerprint density at radius 2 is 2.06 bits per heavy atom. The van der Waals surface area contributed by atoms with Crippen molar-refractivity contribution in [3.8, 4) is 0 Å². The van der Waals surface area contributed by atoms with Crippen molar-refractivity contribution in [3.63, 3.8) is 0 Å². The van der Waals surface area contributed by atoms with Crippen LogP contribution in [0.3, 0.4) is 0 Å². The average molecular weight is 249 g/mol. The van der Waals surface area contributed by atoms with Crippen LogP contribution in [-0.4, -0.2) is 10.9 Å². The van der Waals surface area contributed by atoms with E-state index >= 15 is 0 Å². The maximum Gasteiger partial charge on any atom is 0.257 e. The largest absolute Gasteiger partial charge is 0.398 e. The summed E-state index contributed by atoms with van der Waals surface area (Å²) in [6.07, 6.45) is 2.32. The lowest BCUT2D eigenvalue weighted by molar-refractivity contribution is 0.102. The Bertz CT molecular complexity index is 602. The number of nitrogens with zero attached hydrogens (tertiary/aromatic N) is 1. The summed E-state index contributed by atoms with van der Waals surface area (Å²) in [4.78, 5) is 15.4. The van der Waals surface area contributed by atoms with Crippen LogP contribution in [0, 0.1) is 11.6 Å². The number of rotatable bonds is 2. The second kappa shape index (κ2) is 4.79. The topological polar surface area (TPSA) is 68.0 Å². The molecular formula is C12H9F2N3O. The number of amides is 1. The Kier molecular flexibility index (Phi) is 3.18. The second-order valence-electron chi connectivity index (χ2n) is 3.54. The van der Waals surface area contributed by atoms with Gasteiger partial charge in [-0.05, 0) is 24.3 Å². The predicted molar refractivity (Wildman–Crippen MR) is 63.0 cm³/mol. The van der Waals surface area contributed by atoms with E-state index in [1.807, 2.05) is 0 Å². The van der Waals surface area contributed by atoms with Crippen LogP contribution in [0.5, 0.6) is 0 Å². The van der Waals surface area contributed by atoms with Gasteiger partial charge in [0.15, 0.2) is 5.82 Å². The number of hydrogen-bond acceptors (Lipinski definition) is 3. The van der Waals surface area contributed by atoms with Gasteiger partial charge in [-0.2, -0.15) is 0 Å². The Morgan fingerprint density at radius 1 is 1.28 bits per heavy atom. The fourth-order valence-electron chi connectivity index (χ4n) is 1.41. The van der Waals surface area contributed by atoms with Gasteiger partial charge in [-0.15, -0.1) is 0 Å². The highest BCUT2D eigenvalue weighted by molar-refractivity contribution is 6.07. The second-order valence-corrected chi connectivity index (χ2v) is 3.54. The molecule has 2 rings (SSSR count). The highest BCUT2D eigenvalue weighted by atomic mass is 19.1. The molecule has 0 saturated carbocycles. The van der Waals surface area contributed by atoms with Crippen molar-refractivity contribution in [3.05, 3.63) is 53.9 Å². The number of nitrogens with two attached hydrogens (primary N) is 1. The maximum atomic E-state index is 13.3. The van der Waals surface area contributed by atoms with E-state index in [-0.39, 0.29) is 16.9 Å². The Hall–Kier alpha value is -2.50. The van der Waals surface area contributed by atoms with E-state index in [9.17, 15) is 13.6 Å². The minimum Gasteiger partial charge on any atom is -0.398 e. The smallest absolute Gasteiger partial charge is 0.257 e. The normalized spacial score (nSPS) is 10.1. The quantitative estimate of drug-likeness (QED) is 0.801. The minimum atomic E-state index is -0.661. The number of carbonyl (C=O) groups excluding carboxylic acids is 1. The number of nitrogen functional groups attached to an aromatic ring is 1. The van der Waals surface area contributed by atoms with Crippen LogP contribution in [0.1, 0.15) is 10.4 Å². The van der Waals surface area contributed by atoms with Gasteiger partial charge in [-0.1, -0.05) is 0 Å². The lowest BCUT2D eigenvalue weighted by Crippen LogP contribution is -2.15. The van der Waals surface area contributed by atoms with Gasteiger partial charge in [-0.25, -0.2) is 8.78 Å². The molecule has 1 amide bonds. The van der Waals surface area contributed by atoms with Crippen LogP contribution < -0.4 is 11.1 Å². The third-order valence-corrected chi connectivity index (χ3v) is 2.28. The standard InChI is InChI=1S/C12H9F2N3O/c13-7-1-2-8(10(15)5-7)12(18)17-11-3-4-16-6-9(11)14/h1-6H,15H2,(H,16,17,18). The molecular weight excluding hydrogens is 240 g/mol. The first kappa shape index (κ1) is 12.0. The molecule has 2 aromatic rings. The van der Waals surface area contributed by atoms with E-state index in [0.29, 0.717) is 0 Å². The first-order chi connectivity index (χ1) is 8.58. The van der Waals surface area contributed by atoms with Gasteiger partial charge in [0.25, 0.3) is 5.91 Å². The van der Waals surface area contributed by atoms with Crippen molar-refractivity contribution in [2.75, 3.05) is 11.1 Å². The summed E-state index contributed by atoms with van der Waals surface area (Å²) in [5, 5.41) is 2.33. The van der Waals surface area contributed by atoms with Crippen molar-refractivity contribution in [2.24, 2.45) is 0 Å². The van der Waals surface area contributed by atoms with E-state index in [0.717, 1.165) is 18.3 Å². The summed E-state index contributed by atoms with van der Waals surface area (Å²) in [5.74, 6) is -1.82. The molecule has 4 nitrogen and oxygen atoms in total. The molecule has 0 fully saturated rings. The molecule has 1 aromatic heterocycles. The summed E-state index contributed by atoms with van der Waals surface area (Å²) in [7, 11) is 0. The number of carbonyl (C=O) groups is 1. The molecule has 0 atom stereocenters. The molecule has 0 saturated heterocycles. The molecule has 0 spiro atoms. The number of pyridine rings is 1. The zero-order chi connectivity index (χ0) is 13.1. The van der Waals surface area contributed by atoms with E-state index in [2.05, 4.69) is 10.3 Å². The van der Waals surface area contributed by atoms with Crippen molar-refractivity contribution >= 4 is 17.3 Å². The predicted octanol–water partition coefficient (Wildman–Crippen LogP) is 2.19. The van der Waals surface area contributed by atoms with Crippen LogP contribution >= 0.6 is 0 Å². The first-order valence-corrected chi connectivity index (χ1v) is 5.04. The summed E-state index contributed by atoms with van der Waals surface area (Å²) in [6, 6.07) is 4.68. The Labute approximate surface area is 101 Å². The highest BCUT2D eigenvalue weighted by Crippen LogP contribution is 2.17. The molecule has 3 N–H and O–H groups in total. The average Bonchev–Trinajstić information content (AvgIpc) is 2.32. The molecule has 0 radical (unpaired) electrons. The Morgan fingerprint density at radius 3 is 2.72 bits per heavy atom. The summed E-state index contributed by atoms with van der Waals surface area (Å²) in [5.41, 5.74) is 5.56. The van der Waals surface area contributed by atoms with Gasteiger partial charge >= 0.3 is 0 Å². The summed E-state index contributed by atoms with van der Waals surface area (Å²) in [6.45, 7) is 0. The zero-order valence-corrected chi connectivity index (χ0v) is 9.15. The van der Waals surface area contributed by atoms with E-state index in [1.165, 1.54) is 18.3 Å². The van der Waals surface area contributed by atoms with E-state index in [4.69, 9.17) is 5.73 Å². The molecule has 0 bridgehead atoms. The number of halogens is 2. The zero-order valence-electron chi connectivity index (χ0n) is 9.15. The molecule has 1 heterocycles. The molecule has 18 heavy (non-hydrogen) atoms. The van der Waals surface area contributed by atoms with Gasteiger partial charge in [0.2, 0.25) is 0 Å². The molecule has 0 aliphatic carbocycles. The van der Waals surface area contributed by atoms with Gasteiger partial charge in [0.1, 0.15) is 5.82 Å². The molecule has 0 unspecified atom stereocenters. The van der Waals surface area contributed by atoms with E-state index < -0.39 is 17.5 Å². The molecule has 6 heteroatoms. The summed E-state index contributed by atoms with van der Waals surface area (Å²) < 4.78 is 26.1. The van der Waals surface area contributed by atoms with Gasteiger partial charge in [0, 0.05) is 11.9 Å². The fraction of sp³-hybridized carbons (Fsp3) is 0. The van der Waals surface area contributed by atoms with Crippen LogP contribution in [0.25, 0.3) is 0 Å². The lowest BCUT2D eigenvalue weighted by atomic mass is 10.1. The maximum absolute atomic E-state index is 13.3. The van der Waals surface area contributed by atoms with E-state index in [1.54, 1.807) is 0 Å². The highest BCUT2D eigenvalue weighted by Gasteiger charge is 2.12. The fourth-order valence-corrected chi connectivity index (χ4v) is 1.41. The van der Waals surface area contributed by atoms with Crippen LogP contribution in [0.4, 0.5) is 20.2 Å². The Balaban J connectivity index is 2.25. The van der Waals surface area contributed by atoms with Crippen molar-refractivity contribution < 1.29 is 13.6 Å². The molecule has 0 aliphatic rings. The third kappa shape index (κ3) is 2.42. The minimum absolute atomic E-state index is 0.0121. The molecule has 92 valence electrons. The monoisotopic (exact) mass is 249 g/mol. The number of nitrogens with one attached hydrogen (secondary N) is 1. The molecule has 1 aromatic carbocycles. The number of aromatic nitrogens is 1. The van der Waals surface area contributed by atoms with Crippen molar-refractivity contribution in [2.45, 2.75) is 0 Å². The van der Waals surface area contributed by atoms with Crippen LogP contribution in [0.2, 0.25) is 0 Å². The van der Waals surface area contributed by atoms with Gasteiger partial charge < -0.3 is 11.1 Å². The number of hydrogen-bond donors (Lipinski definition) is 2. The first-order valence-electron chi connectivity index (χ1n) is 5.04. The van der Waals surface area contributed by atoms with Crippen molar-refractivity contribution in [1.82, 2.24) is 4.98 Å². The summed E-state index contributed by atoms with van der Waals surface area (Å²) >= 11 is 0. The number of anilines is 2. The third-order valence-electron chi connectivity index (χ3n) is 2.28. The lowest BCUT2D eigenvalue weighted by Gasteiger charge is -2.07. The van der Waals surface area contributed by atoms with Crippen molar-refractivity contribution in [1.29, 1.82) is 0 Å². The molecule has 0 aliphatic heterocycles. The SMILES string of the molecule is Nc1cc(F)ccc1C(=O)Nc1ccncc1F. The number of benzene rings is 1. The van der Waals surface area contributed by atoms with Gasteiger partial charge in [-0.3, -0.25) is 9.78 Å². The van der Waals surface area contributed by atoms with Gasteiger partial charge in [0.05, 0.1) is 17.4 Å². The van der Waals surface area contributed by atoms with Crippen LogP contribution in [-0.2, 0) is 0 Å².